The summed E-state index contributed by atoms with van der Waals surface area (Å²) in [5.74, 6) is 0. The Morgan fingerprint density at radius 1 is 1.38 bits per heavy atom. The van der Waals surface area contributed by atoms with Crippen molar-refractivity contribution in [3.63, 3.8) is 0 Å². The third kappa shape index (κ3) is 1.25. The zero-order chi connectivity index (χ0) is 11.1. The average molecular weight is 230 g/mol. The van der Waals surface area contributed by atoms with E-state index in [4.69, 9.17) is 12.2 Å². The van der Waals surface area contributed by atoms with E-state index >= 15 is 0 Å². The van der Waals surface area contributed by atoms with E-state index in [1.54, 1.807) is 0 Å². The van der Waals surface area contributed by atoms with Crippen LogP contribution in [0.5, 0.6) is 0 Å². The number of rotatable bonds is 1. The number of aromatic nitrogens is 4. The molecule has 4 nitrogen and oxygen atoms in total. The zero-order valence-electron chi connectivity index (χ0n) is 8.74. The number of hydrogen-bond acceptors (Lipinski definition) is 3. The molecule has 0 fully saturated rings. The van der Waals surface area contributed by atoms with Crippen molar-refractivity contribution in [3.05, 3.63) is 28.5 Å². The molecule has 0 aliphatic heterocycles. The minimum absolute atomic E-state index is 0.400. The van der Waals surface area contributed by atoms with Gasteiger partial charge in [0.2, 0.25) is 4.77 Å². The number of benzene rings is 1. The minimum Gasteiger partial charge on any atom is -0.338 e. The van der Waals surface area contributed by atoms with Crippen molar-refractivity contribution in [3.8, 4) is 0 Å². The fourth-order valence-corrected chi connectivity index (χ4v) is 2.14. The van der Waals surface area contributed by atoms with Crippen LogP contribution >= 0.6 is 12.2 Å². The van der Waals surface area contributed by atoms with Gasteiger partial charge in [-0.2, -0.15) is 10.1 Å². The molecule has 0 aliphatic carbocycles. The van der Waals surface area contributed by atoms with Crippen molar-refractivity contribution in [1.82, 2.24) is 20.2 Å². The van der Waals surface area contributed by atoms with Gasteiger partial charge in [0.15, 0.2) is 5.65 Å². The molecule has 5 heteroatoms. The quantitative estimate of drug-likeness (QED) is 0.632. The van der Waals surface area contributed by atoms with Crippen LogP contribution in [0.3, 0.4) is 0 Å². The standard InChI is InChI=1S/C11H10N4S/c1-2-6-4-3-5-7-8(6)9-10(12-7)13-11(16)15-14-9/h3-5H,2H2,1H3,(H2,12,13,15,16). The lowest BCUT2D eigenvalue weighted by Crippen LogP contribution is -1.87. The summed E-state index contributed by atoms with van der Waals surface area (Å²) in [5.41, 5.74) is 3.94. The number of aryl methyl sites for hydroxylation is 1. The van der Waals surface area contributed by atoms with Crippen LogP contribution in [-0.4, -0.2) is 20.2 Å². The lowest BCUT2D eigenvalue weighted by Gasteiger charge is -1.98. The smallest absolute Gasteiger partial charge is 0.215 e. The van der Waals surface area contributed by atoms with E-state index in [9.17, 15) is 0 Å². The molecule has 0 saturated carbocycles. The van der Waals surface area contributed by atoms with E-state index in [1.807, 2.05) is 12.1 Å². The minimum atomic E-state index is 0.400. The maximum Gasteiger partial charge on any atom is 0.215 e. The number of nitrogens with zero attached hydrogens (tertiary/aromatic N) is 2. The predicted molar refractivity (Wildman–Crippen MR) is 66.0 cm³/mol. The first-order chi connectivity index (χ1) is 7.79. The first kappa shape index (κ1) is 9.47. The molecule has 3 aromatic rings. The molecule has 0 amide bonds. The van der Waals surface area contributed by atoms with Crippen LogP contribution in [0.25, 0.3) is 22.1 Å². The average Bonchev–Trinajstić information content (AvgIpc) is 2.65. The second kappa shape index (κ2) is 3.38. The lowest BCUT2D eigenvalue weighted by atomic mass is 10.1. The largest absolute Gasteiger partial charge is 0.338 e. The van der Waals surface area contributed by atoms with Gasteiger partial charge < -0.3 is 4.98 Å². The van der Waals surface area contributed by atoms with Crippen molar-refractivity contribution in [2.45, 2.75) is 13.3 Å². The van der Waals surface area contributed by atoms with Crippen LogP contribution in [0.15, 0.2) is 18.2 Å². The SMILES string of the molecule is CCc1cccc2[nH]c3nc(=S)[nH]nc3c12. The number of H-pyrrole nitrogens is 2. The van der Waals surface area contributed by atoms with Gasteiger partial charge in [-0.25, -0.2) is 0 Å². The molecule has 0 aliphatic rings. The molecule has 80 valence electrons. The third-order valence-corrected chi connectivity index (χ3v) is 2.91. The Kier molecular flexibility index (Phi) is 2.00. The molecule has 2 aromatic heterocycles. The maximum atomic E-state index is 4.96. The number of hydrogen-bond donors (Lipinski definition) is 2. The number of nitrogens with one attached hydrogen (secondary N) is 2. The Labute approximate surface area is 96.7 Å². The normalized spacial score (nSPS) is 11.3. The Hall–Kier alpha value is -1.75. The number of aromatic amines is 2. The highest BCUT2D eigenvalue weighted by molar-refractivity contribution is 7.71. The fourth-order valence-electron chi connectivity index (χ4n) is 2.00. The van der Waals surface area contributed by atoms with Crippen LogP contribution in [0, 0.1) is 4.77 Å². The molecule has 1 aromatic carbocycles. The van der Waals surface area contributed by atoms with E-state index < -0.39 is 0 Å². The Morgan fingerprint density at radius 3 is 3.06 bits per heavy atom. The van der Waals surface area contributed by atoms with Gasteiger partial charge in [0.05, 0.1) is 0 Å². The Bertz CT molecular complexity index is 726. The van der Waals surface area contributed by atoms with Crippen LogP contribution in [0.4, 0.5) is 0 Å². The first-order valence-corrected chi connectivity index (χ1v) is 5.56. The molecule has 3 rings (SSSR count). The summed E-state index contributed by atoms with van der Waals surface area (Å²) in [4.78, 5) is 7.46. The van der Waals surface area contributed by atoms with Gasteiger partial charge in [-0.05, 0) is 30.3 Å². The van der Waals surface area contributed by atoms with Gasteiger partial charge in [-0.3, -0.25) is 5.10 Å². The summed E-state index contributed by atoms with van der Waals surface area (Å²) in [6, 6.07) is 6.18. The molecular weight excluding hydrogens is 220 g/mol. The fraction of sp³-hybridized carbons (Fsp3) is 0.182. The van der Waals surface area contributed by atoms with Gasteiger partial charge in [0.25, 0.3) is 0 Å². The van der Waals surface area contributed by atoms with E-state index in [0.29, 0.717) is 4.77 Å². The molecule has 0 saturated heterocycles. The van der Waals surface area contributed by atoms with Crippen molar-refractivity contribution >= 4 is 34.3 Å². The van der Waals surface area contributed by atoms with Crippen LogP contribution in [-0.2, 0) is 6.42 Å². The van der Waals surface area contributed by atoms with Crippen LogP contribution in [0.2, 0.25) is 0 Å². The van der Waals surface area contributed by atoms with Crippen LogP contribution in [0.1, 0.15) is 12.5 Å². The van der Waals surface area contributed by atoms with Gasteiger partial charge in [0.1, 0.15) is 5.52 Å². The van der Waals surface area contributed by atoms with Gasteiger partial charge >= 0.3 is 0 Å². The molecule has 0 atom stereocenters. The monoisotopic (exact) mass is 230 g/mol. The Morgan fingerprint density at radius 2 is 2.25 bits per heavy atom. The number of fused-ring (bicyclic) bond motifs is 3. The molecule has 0 bridgehead atoms. The Balaban J connectivity index is 2.57. The van der Waals surface area contributed by atoms with E-state index in [2.05, 4.69) is 33.2 Å². The predicted octanol–water partition coefficient (Wildman–Crippen LogP) is 2.73. The summed E-state index contributed by atoms with van der Waals surface area (Å²) >= 11 is 4.96. The van der Waals surface area contributed by atoms with Gasteiger partial charge in [0, 0.05) is 10.9 Å². The molecule has 2 heterocycles. The second-order valence-electron chi connectivity index (χ2n) is 3.66. The topological polar surface area (TPSA) is 57.4 Å². The van der Waals surface area contributed by atoms with Gasteiger partial charge in [-0.1, -0.05) is 19.1 Å². The summed E-state index contributed by atoms with van der Waals surface area (Å²) in [5, 5.41) is 8.13. The van der Waals surface area contributed by atoms with E-state index in [1.165, 1.54) is 5.56 Å². The van der Waals surface area contributed by atoms with Crippen molar-refractivity contribution in [2.75, 3.05) is 0 Å². The molecule has 0 radical (unpaired) electrons. The summed E-state index contributed by atoms with van der Waals surface area (Å²) in [7, 11) is 0. The molecular formula is C11H10N4S. The van der Waals surface area contributed by atoms with Crippen molar-refractivity contribution in [1.29, 1.82) is 0 Å². The lowest BCUT2D eigenvalue weighted by molar-refractivity contribution is 0.998. The summed E-state index contributed by atoms with van der Waals surface area (Å²) < 4.78 is 0.400. The molecule has 0 spiro atoms. The molecule has 16 heavy (non-hydrogen) atoms. The van der Waals surface area contributed by atoms with Gasteiger partial charge in [-0.15, -0.1) is 0 Å². The van der Waals surface area contributed by atoms with E-state index in [-0.39, 0.29) is 0 Å². The molecule has 0 unspecified atom stereocenters. The third-order valence-electron chi connectivity index (χ3n) is 2.72. The van der Waals surface area contributed by atoms with E-state index in [0.717, 1.165) is 28.5 Å². The maximum absolute atomic E-state index is 4.96. The van der Waals surface area contributed by atoms with Crippen molar-refractivity contribution in [2.24, 2.45) is 0 Å². The summed E-state index contributed by atoms with van der Waals surface area (Å²) in [6.45, 7) is 2.13. The van der Waals surface area contributed by atoms with Crippen LogP contribution < -0.4 is 0 Å². The molecule has 2 N–H and O–H groups in total. The first-order valence-electron chi connectivity index (χ1n) is 5.15. The summed E-state index contributed by atoms with van der Waals surface area (Å²) in [6.07, 6.45) is 0.974. The second-order valence-corrected chi connectivity index (χ2v) is 4.04. The highest BCUT2D eigenvalue weighted by Crippen LogP contribution is 2.25. The zero-order valence-corrected chi connectivity index (χ0v) is 9.56. The highest BCUT2D eigenvalue weighted by Gasteiger charge is 2.09. The van der Waals surface area contributed by atoms with Crippen molar-refractivity contribution < 1.29 is 0 Å². The highest BCUT2D eigenvalue weighted by atomic mass is 32.1.